The number of nitrogens with zero attached hydrogens (tertiary/aromatic N) is 2. The summed E-state index contributed by atoms with van der Waals surface area (Å²) < 4.78 is 2.14. The number of hydrogen-bond donors (Lipinski definition) is 1. The van der Waals surface area contributed by atoms with Gasteiger partial charge in [-0.2, -0.15) is 0 Å². The van der Waals surface area contributed by atoms with Crippen molar-refractivity contribution in [2.75, 3.05) is 4.90 Å². The minimum Gasteiger partial charge on any atom is -0.508 e. The number of aromatic hydroxyl groups is 1. The van der Waals surface area contributed by atoms with Crippen LogP contribution in [0.3, 0.4) is 0 Å². The Hall–Kier alpha value is -3.86. The molecule has 4 aromatic rings. The summed E-state index contributed by atoms with van der Waals surface area (Å²) in [6, 6.07) is 24.3. The van der Waals surface area contributed by atoms with E-state index in [1.54, 1.807) is 12.1 Å². The molecule has 2 heterocycles. The van der Waals surface area contributed by atoms with Gasteiger partial charge in [0.15, 0.2) is 0 Å². The quantitative estimate of drug-likeness (QED) is 0.519. The van der Waals surface area contributed by atoms with Gasteiger partial charge in [0, 0.05) is 30.1 Å². The van der Waals surface area contributed by atoms with Crippen LogP contribution in [0.4, 0.5) is 5.69 Å². The van der Waals surface area contributed by atoms with Gasteiger partial charge in [-0.1, -0.05) is 48.5 Å². The van der Waals surface area contributed by atoms with E-state index in [-0.39, 0.29) is 24.0 Å². The molecule has 3 aromatic carbocycles. The van der Waals surface area contributed by atoms with Crippen molar-refractivity contribution in [3.8, 4) is 5.75 Å². The molecule has 0 radical (unpaired) electrons. The van der Waals surface area contributed by atoms with Gasteiger partial charge < -0.3 is 9.67 Å². The predicted octanol–water partition coefficient (Wildman–Crippen LogP) is 4.44. The molecule has 148 valence electrons. The Labute approximate surface area is 173 Å². The van der Waals surface area contributed by atoms with Crippen molar-refractivity contribution in [1.29, 1.82) is 0 Å². The Bertz CT molecular complexity index is 1240. The number of aromatic nitrogens is 1. The predicted molar refractivity (Wildman–Crippen MR) is 115 cm³/mol. The van der Waals surface area contributed by atoms with Gasteiger partial charge in [0.1, 0.15) is 5.75 Å². The summed E-state index contributed by atoms with van der Waals surface area (Å²) in [7, 11) is 0. The Morgan fingerprint density at radius 3 is 2.33 bits per heavy atom. The molecule has 5 rings (SSSR count). The molecule has 0 saturated carbocycles. The molecule has 1 N–H and O–H groups in total. The molecule has 0 aliphatic carbocycles. The van der Waals surface area contributed by atoms with E-state index in [1.807, 2.05) is 48.7 Å². The van der Waals surface area contributed by atoms with Crippen molar-refractivity contribution in [3.05, 3.63) is 96.2 Å². The van der Waals surface area contributed by atoms with Crippen LogP contribution in [-0.2, 0) is 16.1 Å². The van der Waals surface area contributed by atoms with Crippen molar-refractivity contribution < 1.29 is 14.7 Å². The first-order chi connectivity index (χ1) is 14.6. The number of phenolic OH excluding ortho intramolecular Hbond substituents is 1. The molecule has 5 heteroatoms. The van der Waals surface area contributed by atoms with E-state index < -0.39 is 5.92 Å². The van der Waals surface area contributed by atoms with Crippen molar-refractivity contribution in [3.63, 3.8) is 0 Å². The number of benzene rings is 3. The minimum absolute atomic E-state index is 0.0957. The number of anilines is 1. The first kappa shape index (κ1) is 18.2. The van der Waals surface area contributed by atoms with E-state index in [4.69, 9.17) is 0 Å². The molecule has 1 aromatic heterocycles. The van der Waals surface area contributed by atoms with Crippen molar-refractivity contribution in [1.82, 2.24) is 4.57 Å². The monoisotopic (exact) mass is 396 g/mol. The third-order valence-electron chi connectivity index (χ3n) is 5.65. The van der Waals surface area contributed by atoms with Crippen LogP contribution < -0.4 is 4.90 Å². The van der Waals surface area contributed by atoms with Crippen LogP contribution in [-0.4, -0.2) is 21.5 Å². The van der Waals surface area contributed by atoms with E-state index >= 15 is 0 Å². The number of carbonyl (C=O) groups is 2. The standard InChI is InChI=1S/C25H20N2O3/c28-19-12-10-18(11-13-19)27-24(29)14-21(25(27)30)22-16-26(15-17-6-2-1-3-7-17)23-9-5-4-8-20(22)23/h1-13,16,21,28H,14-15H2/t21-/m1/s1. The molecule has 0 spiro atoms. The first-order valence-corrected chi connectivity index (χ1v) is 9.89. The van der Waals surface area contributed by atoms with Crippen LogP contribution in [0.2, 0.25) is 0 Å². The molecule has 30 heavy (non-hydrogen) atoms. The second-order valence-corrected chi connectivity index (χ2v) is 7.56. The van der Waals surface area contributed by atoms with Gasteiger partial charge in [-0.25, -0.2) is 0 Å². The van der Waals surface area contributed by atoms with Crippen molar-refractivity contribution in [2.45, 2.75) is 18.9 Å². The van der Waals surface area contributed by atoms with Gasteiger partial charge in [0.2, 0.25) is 11.8 Å². The molecular weight excluding hydrogens is 376 g/mol. The van der Waals surface area contributed by atoms with E-state index in [0.29, 0.717) is 12.2 Å². The molecule has 0 bridgehead atoms. The number of imide groups is 1. The summed E-state index contributed by atoms with van der Waals surface area (Å²) in [5.74, 6) is -0.879. The Morgan fingerprint density at radius 2 is 1.57 bits per heavy atom. The highest BCUT2D eigenvalue weighted by atomic mass is 16.3. The highest BCUT2D eigenvalue weighted by Crippen LogP contribution is 2.37. The van der Waals surface area contributed by atoms with E-state index in [0.717, 1.165) is 16.5 Å². The lowest BCUT2D eigenvalue weighted by Gasteiger charge is -2.15. The fourth-order valence-electron chi connectivity index (χ4n) is 4.21. The summed E-state index contributed by atoms with van der Waals surface area (Å²) in [6.07, 6.45) is 2.15. The van der Waals surface area contributed by atoms with E-state index in [9.17, 15) is 14.7 Å². The lowest BCUT2D eigenvalue weighted by atomic mass is 9.97. The number of hydrogen-bond acceptors (Lipinski definition) is 3. The molecule has 1 atom stereocenters. The number of rotatable bonds is 4. The Balaban J connectivity index is 1.54. The van der Waals surface area contributed by atoms with Crippen molar-refractivity contribution in [2.24, 2.45) is 0 Å². The molecule has 1 saturated heterocycles. The van der Waals surface area contributed by atoms with Gasteiger partial charge in [0.05, 0.1) is 11.6 Å². The number of carbonyl (C=O) groups excluding carboxylic acids is 2. The van der Waals surface area contributed by atoms with Crippen LogP contribution in [0.5, 0.6) is 5.75 Å². The number of fused-ring (bicyclic) bond motifs is 1. The number of para-hydroxylation sites is 1. The van der Waals surface area contributed by atoms with Crippen LogP contribution in [0, 0.1) is 0 Å². The SMILES string of the molecule is O=C1C[C@H](c2cn(Cc3ccccc3)c3ccccc23)C(=O)N1c1ccc(O)cc1. The summed E-state index contributed by atoms with van der Waals surface area (Å²) >= 11 is 0. The molecular formula is C25H20N2O3. The van der Waals surface area contributed by atoms with Crippen LogP contribution >= 0.6 is 0 Å². The molecule has 2 amide bonds. The van der Waals surface area contributed by atoms with Gasteiger partial charge in [-0.05, 0) is 41.5 Å². The van der Waals surface area contributed by atoms with Gasteiger partial charge >= 0.3 is 0 Å². The third-order valence-corrected chi connectivity index (χ3v) is 5.65. The fourth-order valence-corrected chi connectivity index (χ4v) is 4.21. The maximum absolute atomic E-state index is 13.2. The minimum atomic E-state index is -0.520. The highest BCUT2D eigenvalue weighted by molar-refractivity contribution is 6.23. The maximum atomic E-state index is 13.2. The van der Waals surface area contributed by atoms with Crippen LogP contribution in [0.25, 0.3) is 10.9 Å². The Kier molecular flexibility index (Phi) is 4.36. The molecule has 5 nitrogen and oxygen atoms in total. The second-order valence-electron chi connectivity index (χ2n) is 7.56. The van der Waals surface area contributed by atoms with Crippen LogP contribution in [0.15, 0.2) is 85.1 Å². The zero-order chi connectivity index (χ0) is 20.7. The zero-order valence-corrected chi connectivity index (χ0v) is 16.2. The fraction of sp³-hybridized carbons (Fsp3) is 0.120. The molecule has 1 fully saturated rings. The highest BCUT2D eigenvalue weighted by Gasteiger charge is 2.41. The molecule has 1 aliphatic heterocycles. The largest absolute Gasteiger partial charge is 0.508 e. The number of amides is 2. The van der Waals surface area contributed by atoms with E-state index in [2.05, 4.69) is 16.7 Å². The maximum Gasteiger partial charge on any atom is 0.241 e. The van der Waals surface area contributed by atoms with Gasteiger partial charge in [-0.15, -0.1) is 0 Å². The third kappa shape index (κ3) is 3.05. The van der Waals surface area contributed by atoms with Gasteiger partial charge in [-0.3, -0.25) is 14.5 Å². The van der Waals surface area contributed by atoms with Crippen molar-refractivity contribution >= 4 is 28.4 Å². The lowest BCUT2D eigenvalue weighted by molar-refractivity contribution is -0.121. The lowest BCUT2D eigenvalue weighted by Crippen LogP contribution is -2.29. The summed E-state index contributed by atoms with van der Waals surface area (Å²) in [6.45, 7) is 0.692. The molecule has 0 unspecified atom stereocenters. The Morgan fingerprint density at radius 1 is 0.867 bits per heavy atom. The normalized spacial score (nSPS) is 16.5. The summed E-state index contributed by atoms with van der Waals surface area (Å²) in [4.78, 5) is 27.2. The topological polar surface area (TPSA) is 62.5 Å². The average Bonchev–Trinajstić information content (AvgIpc) is 3.26. The van der Waals surface area contributed by atoms with Gasteiger partial charge in [0.25, 0.3) is 0 Å². The average molecular weight is 396 g/mol. The van der Waals surface area contributed by atoms with Crippen LogP contribution in [0.1, 0.15) is 23.5 Å². The smallest absolute Gasteiger partial charge is 0.241 e. The van der Waals surface area contributed by atoms with E-state index in [1.165, 1.54) is 22.6 Å². The second kappa shape index (κ2) is 7.19. The zero-order valence-electron chi connectivity index (χ0n) is 16.2. The molecule has 1 aliphatic rings. The summed E-state index contributed by atoms with van der Waals surface area (Å²) in [5.41, 5.74) is 3.57. The first-order valence-electron chi connectivity index (χ1n) is 9.89. The summed E-state index contributed by atoms with van der Waals surface area (Å²) in [5, 5.41) is 10.5. The number of phenols is 1.